The van der Waals surface area contributed by atoms with Crippen LogP contribution in [-0.4, -0.2) is 18.9 Å². The molecule has 4 rings (SSSR count). The number of aryl methyl sites for hydroxylation is 1. The van der Waals surface area contributed by atoms with Crippen molar-refractivity contribution in [3.63, 3.8) is 0 Å². The van der Waals surface area contributed by atoms with Gasteiger partial charge in [0.05, 0.1) is 16.8 Å². The van der Waals surface area contributed by atoms with Crippen LogP contribution >= 0.6 is 0 Å². The maximum absolute atomic E-state index is 13.8. The molecule has 0 spiro atoms. The Hall–Kier alpha value is -3.67. The molecule has 0 atom stereocenters. The molecular formula is C22H17FN2O3. The van der Waals surface area contributed by atoms with E-state index in [0.717, 1.165) is 5.56 Å². The van der Waals surface area contributed by atoms with E-state index in [-0.39, 0.29) is 11.5 Å². The second-order valence-electron chi connectivity index (χ2n) is 6.58. The monoisotopic (exact) mass is 376 g/mol. The molecule has 1 aliphatic rings. The number of benzene rings is 3. The summed E-state index contributed by atoms with van der Waals surface area (Å²) in [5.74, 6) is -0.500. The Morgan fingerprint density at radius 3 is 2.57 bits per heavy atom. The van der Waals surface area contributed by atoms with Crippen molar-refractivity contribution in [1.29, 1.82) is 0 Å². The number of anilines is 2. The molecule has 1 aliphatic heterocycles. The molecule has 2 amide bonds. The highest BCUT2D eigenvalue weighted by Crippen LogP contribution is 2.39. The summed E-state index contributed by atoms with van der Waals surface area (Å²) in [5, 5.41) is 2.63. The standard InChI is InChI=1S/C22H17FN2O3/c1-13-7-9-20-18(11-13)25(2)22(27)16-12-14(8-10-19(16)28-20)24-21(26)15-5-3-4-6-17(15)23/h3-12H,1-2H3,(H,24,26). The molecule has 6 heteroatoms. The number of hydrogen-bond donors (Lipinski definition) is 1. The molecule has 0 aromatic heterocycles. The maximum atomic E-state index is 13.8. The van der Waals surface area contributed by atoms with Crippen molar-refractivity contribution in [3.05, 3.63) is 83.2 Å². The Balaban J connectivity index is 1.68. The maximum Gasteiger partial charge on any atom is 0.261 e. The molecule has 5 nitrogen and oxygen atoms in total. The molecule has 1 heterocycles. The second kappa shape index (κ2) is 6.81. The van der Waals surface area contributed by atoms with Crippen LogP contribution in [0.5, 0.6) is 11.5 Å². The van der Waals surface area contributed by atoms with Gasteiger partial charge in [-0.25, -0.2) is 4.39 Å². The van der Waals surface area contributed by atoms with Crippen molar-refractivity contribution < 1.29 is 18.7 Å². The number of nitrogens with one attached hydrogen (secondary N) is 1. The summed E-state index contributed by atoms with van der Waals surface area (Å²) < 4.78 is 19.8. The van der Waals surface area contributed by atoms with Crippen molar-refractivity contribution in [1.82, 2.24) is 0 Å². The lowest BCUT2D eigenvalue weighted by molar-refractivity contribution is 0.0989. The van der Waals surface area contributed by atoms with Gasteiger partial charge in [-0.1, -0.05) is 18.2 Å². The first-order chi connectivity index (χ1) is 13.4. The summed E-state index contributed by atoms with van der Waals surface area (Å²) in [6, 6.07) is 16.1. The average Bonchev–Trinajstić information content (AvgIpc) is 2.78. The largest absolute Gasteiger partial charge is 0.454 e. The fourth-order valence-corrected chi connectivity index (χ4v) is 3.09. The Kier molecular flexibility index (Phi) is 4.31. The van der Waals surface area contributed by atoms with Crippen LogP contribution < -0.4 is 15.0 Å². The van der Waals surface area contributed by atoms with E-state index in [4.69, 9.17) is 4.74 Å². The van der Waals surface area contributed by atoms with E-state index in [0.29, 0.717) is 28.4 Å². The molecule has 0 fully saturated rings. The topological polar surface area (TPSA) is 58.6 Å². The quantitative estimate of drug-likeness (QED) is 0.701. The van der Waals surface area contributed by atoms with Crippen LogP contribution in [0, 0.1) is 12.7 Å². The highest BCUT2D eigenvalue weighted by molar-refractivity contribution is 6.11. The minimum Gasteiger partial charge on any atom is -0.454 e. The van der Waals surface area contributed by atoms with Gasteiger partial charge < -0.3 is 15.0 Å². The van der Waals surface area contributed by atoms with E-state index in [1.807, 2.05) is 25.1 Å². The first kappa shape index (κ1) is 17.7. The minimum atomic E-state index is -0.611. The van der Waals surface area contributed by atoms with E-state index in [2.05, 4.69) is 5.32 Å². The zero-order chi connectivity index (χ0) is 19.8. The van der Waals surface area contributed by atoms with Crippen LogP contribution in [0.4, 0.5) is 15.8 Å². The fraction of sp³-hybridized carbons (Fsp3) is 0.0909. The number of amides is 2. The van der Waals surface area contributed by atoms with E-state index in [1.165, 1.54) is 29.2 Å². The molecule has 0 unspecified atom stereocenters. The van der Waals surface area contributed by atoms with Gasteiger partial charge in [-0.3, -0.25) is 9.59 Å². The Morgan fingerprint density at radius 1 is 1.04 bits per heavy atom. The fourth-order valence-electron chi connectivity index (χ4n) is 3.09. The minimum absolute atomic E-state index is 0.0694. The van der Waals surface area contributed by atoms with Crippen LogP contribution in [0.15, 0.2) is 60.7 Å². The molecule has 3 aromatic carbocycles. The third kappa shape index (κ3) is 3.09. The number of halogens is 1. The SMILES string of the molecule is Cc1ccc2c(c1)N(C)C(=O)c1cc(NC(=O)c3ccccc3F)ccc1O2. The van der Waals surface area contributed by atoms with Crippen LogP contribution in [-0.2, 0) is 0 Å². The van der Waals surface area contributed by atoms with E-state index >= 15 is 0 Å². The normalized spacial score (nSPS) is 12.5. The third-order valence-corrected chi connectivity index (χ3v) is 4.59. The van der Waals surface area contributed by atoms with Gasteiger partial charge in [0.15, 0.2) is 5.75 Å². The lowest BCUT2D eigenvalue weighted by atomic mass is 10.1. The summed E-state index contributed by atoms with van der Waals surface area (Å²) in [4.78, 5) is 26.8. The number of fused-ring (bicyclic) bond motifs is 2. The van der Waals surface area contributed by atoms with Gasteiger partial charge in [-0.2, -0.15) is 0 Å². The number of ether oxygens (including phenoxy) is 1. The summed E-state index contributed by atoms with van der Waals surface area (Å²) in [7, 11) is 1.67. The van der Waals surface area contributed by atoms with Crippen LogP contribution in [0.3, 0.4) is 0 Å². The van der Waals surface area contributed by atoms with Gasteiger partial charge in [0, 0.05) is 12.7 Å². The number of carbonyl (C=O) groups is 2. The number of carbonyl (C=O) groups excluding carboxylic acids is 2. The summed E-state index contributed by atoms with van der Waals surface area (Å²) in [5.41, 5.74) is 2.28. The van der Waals surface area contributed by atoms with Gasteiger partial charge in [0.25, 0.3) is 11.8 Å². The smallest absolute Gasteiger partial charge is 0.261 e. The summed E-state index contributed by atoms with van der Waals surface area (Å²) in [6.45, 7) is 1.94. The van der Waals surface area contributed by atoms with Crippen molar-refractivity contribution >= 4 is 23.2 Å². The number of hydrogen-bond acceptors (Lipinski definition) is 3. The van der Waals surface area contributed by atoms with Gasteiger partial charge >= 0.3 is 0 Å². The Bertz CT molecular complexity index is 1110. The first-order valence-electron chi connectivity index (χ1n) is 8.70. The first-order valence-corrected chi connectivity index (χ1v) is 8.70. The molecule has 140 valence electrons. The number of rotatable bonds is 2. The second-order valence-corrected chi connectivity index (χ2v) is 6.58. The molecule has 0 bridgehead atoms. The average molecular weight is 376 g/mol. The predicted molar refractivity (Wildman–Crippen MR) is 105 cm³/mol. The molecule has 0 radical (unpaired) electrons. The molecule has 1 N–H and O–H groups in total. The highest BCUT2D eigenvalue weighted by atomic mass is 19.1. The zero-order valence-electron chi connectivity index (χ0n) is 15.3. The molecule has 0 saturated heterocycles. The number of nitrogens with zero attached hydrogens (tertiary/aromatic N) is 1. The lowest BCUT2D eigenvalue weighted by Gasteiger charge is -2.16. The van der Waals surface area contributed by atoms with Gasteiger partial charge in [0.1, 0.15) is 11.6 Å². The molecule has 28 heavy (non-hydrogen) atoms. The van der Waals surface area contributed by atoms with E-state index < -0.39 is 11.7 Å². The van der Waals surface area contributed by atoms with E-state index in [1.54, 1.807) is 25.2 Å². The summed E-state index contributed by atoms with van der Waals surface area (Å²) >= 11 is 0. The summed E-state index contributed by atoms with van der Waals surface area (Å²) in [6.07, 6.45) is 0. The van der Waals surface area contributed by atoms with Gasteiger partial charge in [-0.05, 0) is 55.0 Å². The van der Waals surface area contributed by atoms with Crippen molar-refractivity contribution in [2.24, 2.45) is 0 Å². The van der Waals surface area contributed by atoms with Crippen LogP contribution in [0.1, 0.15) is 26.3 Å². The highest BCUT2D eigenvalue weighted by Gasteiger charge is 2.26. The van der Waals surface area contributed by atoms with Gasteiger partial charge in [0.2, 0.25) is 0 Å². The van der Waals surface area contributed by atoms with Crippen LogP contribution in [0.2, 0.25) is 0 Å². The molecule has 0 aliphatic carbocycles. The molecule has 3 aromatic rings. The zero-order valence-corrected chi connectivity index (χ0v) is 15.3. The van der Waals surface area contributed by atoms with Crippen molar-refractivity contribution in [2.45, 2.75) is 6.92 Å². The van der Waals surface area contributed by atoms with Crippen molar-refractivity contribution in [2.75, 3.05) is 17.3 Å². The van der Waals surface area contributed by atoms with Gasteiger partial charge in [-0.15, -0.1) is 0 Å². The Morgan fingerprint density at radius 2 is 1.79 bits per heavy atom. The Labute approximate surface area is 161 Å². The predicted octanol–water partition coefficient (Wildman–Crippen LogP) is 4.77. The van der Waals surface area contributed by atoms with Crippen molar-refractivity contribution in [3.8, 4) is 11.5 Å². The molecular weight excluding hydrogens is 359 g/mol. The molecule has 0 saturated carbocycles. The van der Waals surface area contributed by atoms with Crippen LogP contribution in [0.25, 0.3) is 0 Å². The lowest BCUT2D eigenvalue weighted by Crippen LogP contribution is -2.25. The third-order valence-electron chi connectivity index (χ3n) is 4.59. The van der Waals surface area contributed by atoms with E-state index in [9.17, 15) is 14.0 Å².